The molecule has 0 unspecified atom stereocenters. The molecule has 0 saturated carbocycles. The van der Waals surface area contributed by atoms with E-state index in [1.807, 2.05) is 41.1 Å². The first-order valence-electron chi connectivity index (χ1n) is 8.27. The third-order valence-corrected chi connectivity index (χ3v) is 5.04. The standard InChI is InChI=1S/C19H19ClN2O3S/c20-16-2-1-3-17(12-16)21-7-9-22(10-8-21)18(23)13-25-19(24)5-4-15-6-11-26-14-15/h1-6,11-12,14H,7-10,13H2/b5-4+. The molecule has 7 heteroatoms. The molecule has 0 aliphatic carbocycles. The minimum Gasteiger partial charge on any atom is -0.452 e. The van der Waals surface area contributed by atoms with E-state index in [4.69, 9.17) is 16.3 Å². The molecular formula is C19H19ClN2O3S. The second-order valence-electron chi connectivity index (χ2n) is 5.85. The van der Waals surface area contributed by atoms with Crippen LogP contribution >= 0.6 is 22.9 Å². The molecule has 26 heavy (non-hydrogen) atoms. The van der Waals surface area contributed by atoms with Crippen LogP contribution in [0.2, 0.25) is 5.02 Å². The van der Waals surface area contributed by atoms with Crippen LogP contribution in [-0.2, 0) is 14.3 Å². The van der Waals surface area contributed by atoms with Crippen molar-refractivity contribution < 1.29 is 14.3 Å². The number of hydrogen-bond donors (Lipinski definition) is 0. The number of anilines is 1. The highest BCUT2D eigenvalue weighted by atomic mass is 35.5. The molecule has 1 amide bonds. The third-order valence-electron chi connectivity index (χ3n) is 4.10. The van der Waals surface area contributed by atoms with Crippen LogP contribution in [0.5, 0.6) is 0 Å². The zero-order valence-electron chi connectivity index (χ0n) is 14.1. The molecule has 2 heterocycles. The van der Waals surface area contributed by atoms with Gasteiger partial charge in [0.25, 0.3) is 5.91 Å². The SMILES string of the molecule is O=C(/C=C/c1ccsc1)OCC(=O)N1CCN(c2cccc(Cl)c2)CC1. The number of carbonyl (C=O) groups excluding carboxylic acids is 2. The van der Waals surface area contributed by atoms with Gasteiger partial charge >= 0.3 is 5.97 Å². The van der Waals surface area contributed by atoms with Crippen molar-refractivity contribution in [2.24, 2.45) is 0 Å². The number of ether oxygens (including phenoxy) is 1. The van der Waals surface area contributed by atoms with Gasteiger partial charge in [-0.2, -0.15) is 11.3 Å². The van der Waals surface area contributed by atoms with E-state index in [1.165, 1.54) is 6.08 Å². The summed E-state index contributed by atoms with van der Waals surface area (Å²) in [5.41, 5.74) is 1.99. The van der Waals surface area contributed by atoms with E-state index in [2.05, 4.69) is 4.90 Å². The molecule has 136 valence electrons. The van der Waals surface area contributed by atoms with E-state index in [0.29, 0.717) is 18.1 Å². The van der Waals surface area contributed by atoms with Crippen molar-refractivity contribution in [1.82, 2.24) is 4.90 Å². The molecule has 0 radical (unpaired) electrons. The molecule has 5 nitrogen and oxygen atoms in total. The molecule has 1 saturated heterocycles. The van der Waals surface area contributed by atoms with Crippen molar-refractivity contribution in [3.8, 4) is 0 Å². The number of rotatable bonds is 5. The Kier molecular flexibility index (Phi) is 6.30. The summed E-state index contributed by atoms with van der Waals surface area (Å²) >= 11 is 7.58. The molecule has 1 aromatic heterocycles. The van der Waals surface area contributed by atoms with Gasteiger partial charge in [0.1, 0.15) is 0 Å². The van der Waals surface area contributed by atoms with Crippen molar-refractivity contribution in [1.29, 1.82) is 0 Å². The lowest BCUT2D eigenvalue weighted by atomic mass is 10.2. The number of hydrogen-bond acceptors (Lipinski definition) is 5. The van der Waals surface area contributed by atoms with Gasteiger partial charge in [-0.3, -0.25) is 4.79 Å². The van der Waals surface area contributed by atoms with E-state index < -0.39 is 5.97 Å². The van der Waals surface area contributed by atoms with Crippen molar-refractivity contribution in [3.63, 3.8) is 0 Å². The number of esters is 1. The Morgan fingerprint density at radius 2 is 2.00 bits per heavy atom. The van der Waals surface area contributed by atoms with Crippen LogP contribution in [0.15, 0.2) is 47.2 Å². The molecule has 0 spiro atoms. The first kappa shape index (κ1) is 18.5. The van der Waals surface area contributed by atoms with Crippen molar-refractivity contribution in [2.75, 3.05) is 37.7 Å². The van der Waals surface area contributed by atoms with E-state index in [-0.39, 0.29) is 12.5 Å². The second-order valence-corrected chi connectivity index (χ2v) is 7.06. The van der Waals surface area contributed by atoms with Crippen LogP contribution < -0.4 is 4.90 Å². The summed E-state index contributed by atoms with van der Waals surface area (Å²) in [6, 6.07) is 9.58. The van der Waals surface area contributed by atoms with Gasteiger partial charge in [-0.15, -0.1) is 0 Å². The van der Waals surface area contributed by atoms with Gasteiger partial charge in [-0.05, 0) is 46.7 Å². The van der Waals surface area contributed by atoms with Crippen LogP contribution in [0.25, 0.3) is 6.08 Å². The van der Waals surface area contributed by atoms with Crippen LogP contribution in [0, 0.1) is 0 Å². The van der Waals surface area contributed by atoms with Crippen LogP contribution in [-0.4, -0.2) is 49.6 Å². The fourth-order valence-corrected chi connectivity index (χ4v) is 3.51. The van der Waals surface area contributed by atoms with Crippen molar-refractivity contribution in [2.45, 2.75) is 0 Å². The summed E-state index contributed by atoms with van der Waals surface area (Å²) in [5, 5.41) is 4.55. The number of halogens is 1. The van der Waals surface area contributed by atoms with Crippen LogP contribution in [0.1, 0.15) is 5.56 Å². The normalized spacial score (nSPS) is 14.7. The third kappa shape index (κ3) is 5.09. The molecule has 0 atom stereocenters. The average Bonchev–Trinajstić information content (AvgIpc) is 3.18. The van der Waals surface area contributed by atoms with Gasteiger partial charge in [-0.25, -0.2) is 4.79 Å². The Morgan fingerprint density at radius 3 is 2.69 bits per heavy atom. The number of nitrogens with zero attached hydrogens (tertiary/aromatic N) is 2. The molecule has 1 aliphatic rings. The lowest BCUT2D eigenvalue weighted by Gasteiger charge is -2.36. The monoisotopic (exact) mass is 390 g/mol. The van der Waals surface area contributed by atoms with Gasteiger partial charge in [0.05, 0.1) is 0 Å². The summed E-state index contributed by atoms with van der Waals surface area (Å²) in [6.45, 7) is 2.39. The molecular weight excluding hydrogens is 372 g/mol. The number of carbonyl (C=O) groups is 2. The minimum absolute atomic E-state index is 0.173. The second kappa shape index (κ2) is 8.87. The maximum Gasteiger partial charge on any atom is 0.331 e. The minimum atomic E-state index is -0.512. The van der Waals surface area contributed by atoms with Gasteiger partial charge in [0.15, 0.2) is 6.61 Å². The average molecular weight is 391 g/mol. The number of piperazine rings is 1. The zero-order chi connectivity index (χ0) is 18.4. The molecule has 1 fully saturated rings. The van der Waals surface area contributed by atoms with E-state index in [0.717, 1.165) is 24.3 Å². The lowest BCUT2D eigenvalue weighted by Crippen LogP contribution is -2.49. The van der Waals surface area contributed by atoms with E-state index in [1.54, 1.807) is 22.3 Å². The van der Waals surface area contributed by atoms with Crippen LogP contribution in [0.4, 0.5) is 5.69 Å². The van der Waals surface area contributed by atoms with Gasteiger partial charge < -0.3 is 14.5 Å². The van der Waals surface area contributed by atoms with E-state index >= 15 is 0 Å². The number of thiophene rings is 1. The van der Waals surface area contributed by atoms with Crippen LogP contribution in [0.3, 0.4) is 0 Å². The highest BCUT2D eigenvalue weighted by Gasteiger charge is 2.22. The topological polar surface area (TPSA) is 49.9 Å². The van der Waals surface area contributed by atoms with E-state index in [9.17, 15) is 9.59 Å². The quantitative estimate of drug-likeness (QED) is 0.580. The largest absolute Gasteiger partial charge is 0.452 e. The summed E-state index contributed by atoms with van der Waals surface area (Å²) in [7, 11) is 0. The van der Waals surface area contributed by atoms with Gasteiger partial charge in [0.2, 0.25) is 0 Å². The summed E-state index contributed by atoms with van der Waals surface area (Å²) < 4.78 is 5.04. The molecule has 0 bridgehead atoms. The molecule has 1 aromatic carbocycles. The van der Waals surface area contributed by atoms with Crippen molar-refractivity contribution in [3.05, 3.63) is 57.8 Å². The smallest absolute Gasteiger partial charge is 0.331 e. The Bertz CT molecular complexity index is 784. The molecule has 0 N–H and O–H groups in total. The first-order chi connectivity index (χ1) is 12.6. The lowest BCUT2D eigenvalue weighted by molar-refractivity contribution is -0.148. The summed E-state index contributed by atoms with van der Waals surface area (Å²) in [4.78, 5) is 27.8. The number of amides is 1. The first-order valence-corrected chi connectivity index (χ1v) is 9.59. The fraction of sp³-hybridized carbons (Fsp3) is 0.263. The molecule has 1 aliphatic heterocycles. The Hall–Kier alpha value is -2.31. The fourth-order valence-electron chi connectivity index (χ4n) is 2.69. The Balaban J connectivity index is 1.43. The Labute approximate surface area is 161 Å². The summed E-state index contributed by atoms with van der Waals surface area (Å²) in [6.07, 6.45) is 3.01. The number of benzene rings is 1. The molecule has 2 aromatic rings. The van der Waals surface area contributed by atoms with Gasteiger partial charge in [0, 0.05) is 43.0 Å². The predicted molar refractivity (Wildman–Crippen MR) is 105 cm³/mol. The molecule has 3 rings (SSSR count). The zero-order valence-corrected chi connectivity index (χ0v) is 15.7. The highest BCUT2D eigenvalue weighted by Crippen LogP contribution is 2.20. The van der Waals surface area contributed by atoms with Crippen molar-refractivity contribution >= 4 is 46.6 Å². The predicted octanol–water partition coefficient (Wildman–Crippen LogP) is 3.31. The maximum absolute atomic E-state index is 12.2. The summed E-state index contributed by atoms with van der Waals surface area (Å²) in [5.74, 6) is -0.685. The highest BCUT2D eigenvalue weighted by molar-refractivity contribution is 7.08. The van der Waals surface area contributed by atoms with Gasteiger partial charge in [-0.1, -0.05) is 17.7 Å². The maximum atomic E-state index is 12.2. The Morgan fingerprint density at radius 1 is 1.19 bits per heavy atom.